The number of methoxy groups -OCH3 is 1. The molecule has 0 aromatic heterocycles. The average molecular weight is 269 g/mol. The zero-order valence-corrected chi connectivity index (χ0v) is 11.1. The van der Waals surface area contributed by atoms with Gasteiger partial charge in [0.1, 0.15) is 0 Å². The number of hydrogen-bond acceptors (Lipinski definition) is 4. The van der Waals surface area contributed by atoms with Gasteiger partial charge in [0, 0.05) is 19.4 Å². The minimum absolute atomic E-state index is 0.0376. The van der Waals surface area contributed by atoms with Gasteiger partial charge < -0.3 is 14.2 Å². The van der Waals surface area contributed by atoms with Crippen LogP contribution in [0.25, 0.3) is 5.76 Å². The van der Waals surface area contributed by atoms with Crippen molar-refractivity contribution >= 4 is 23.3 Å². The summed E-state index contributed by atoms with van der Waals surface area (Å²) in [5.41, 5.74) is 0.602. The van der Waals surface area contributed by atoms with E-state index in [0.717, 1.165) is 0 Å². The molecule has 5 heteroatoms. The molecule has 0 saturated carbocycles. The molecule has 0 unspecified atom stereocenters. The molecule has 0 atom stereocenters. The maximum Gasteiger partial charge on any atom is 0.377 e. The Kier molecular flexibility index (Phi) is 3.22. The van der Waals surface area contributed by atoms with E-state index in [1.807, 2.05) is 0 Å². The highest BCUT2D eigenvalue weighted by molar-refractivity contribution is 6.32. The highest BCUT2D eigenvalue weighted by atomic mass is 35.5. The Morgan fingerprint density at radius 2 is 1.94 bits per heavy atom. The molecule has 0 fully saturated rings. The Labute approximate surface area is 110 Å². The lowest BCUT2D eigenvalue weighted by Gasteiger charge is -2.18. The maximum atomic E-state index is 11.7. The second kappa shape index (κ2) is 4.53. The Balaban J connectivity index is 2.51. The summed E-state index contributed by atoms with van der Waals surface area (Å²) < 4.78 is 15.7. The number of carbonyl (C=O) groups is 1. The van der Waals surface area contributed by atoms with Gasteiger partial charge in [0.15, 0.2) is 5.76 Å². The molecule has 1 aliphatic heterocycles. The summed E-state index contributed by atoms with van der Waals surface area (Å²) in [5, 5.41) is 0.482. The van der Waals surface area contributed by atoms with Crippen LogP contribution in [-0.4, -0.2) is 18.9 Å². The highest BCUT2D eigenvalue weighted by Gasteiger charge is 2.39. The van der Waals surface area contributed by atoms with Gasteiger partial charge in [-0.3, -0.25) is 0 Å². The topological polar surface area (TPSA) is 44.8 Å². The first-order valence-electron chi connectivity index (χ1n) is 5.40. The predicted octanol–water partition coefficient (Wildman–Crippen LogP) is 2.96. The van der Waals surface area contributed by atoms with E-state index in [1.165, 1.54) is 7.11 Å². The minimum Gasteiger partial charge on any atom is -0.463 e. The molecular formula is C13H13ClO4. The van der Waals surface area contributed by atoms with E-state index in [-0.39, 0.29) is 5.76 Å². The molecule has 0 amide bonds. The Morgan fingerprint density at radius 3 is 2.56 bits per heavy atom. The van der Waals surface area contributed by atoms with Crippen molar-refractivity contribution in [2.45, 2.75) is 19.6 Å². The monoisotopic (exact) mass is 268 g/mol. The molecular weight excluding hydrogens is 256 g/mol. The number of esters is 1. The molecule has 0 bridgehead atoms. The first-order valence-corrected chi connectivity index (χ1v) is 5.78. The van der Waals surface area contributed by atoms with E-state index in [9.17, 15) is 4.79 Å². The van der Waals surface area contributed by atoms with Crippen molar-refractivity contribution in [1.29, 1.82) is 0 Å². The van der Waals surface area contributed by atoms with Crippen LogP contribution in [0.1, 0.15) is 19.4 Å². The second-order valence-corrected chi connectivity index (χ2v) is 4.64. The van der Waals surface area contributed by atoms with Crippen molar-refractivity contribution in [2.75, 3.05) is 7.11 Å². The van der Waals surface area contributed by atoms with E-state index in [2.05, 4.69) is 4.74 Å². The first-order chi connectivity index (χ1) is 8.44. The van der Waals surface area contributed by atoms with Gasteiger partial charge in [0.25, 0.3) is 5.76 Å². The molecule has 0 saturated heterocycles. The fourth-order valence-electron chi connectivity index (χ4n) is 1.65. The van der Waals surface area contributed by atoms with Gasteiger partial charge in [-0.05, 0) is 12.1 Å². The minimum atomic E-state index is -0.919. The molecule has 1 heterocycles. The van der Waals surface area contributed by atoms with Crippen LogP contribution in [0, 0.1) is 0 Å². The Bertz CT molecular complexity index is 519. The second-order valence-electron chi connectivity index (χ2n) is 4.23. The lowest BCUT2D eigenvalue weighted by Crippen LogP contribution is -2.22. The van der Waals surface area contributed by atoms with Gasteiger partial charge in [-0.25, -0.2) is 4.79 Å². The third-order valence-electron chi connectivity index (χ3n) is 2.39. The standard InChI is InChI=1S/C13H13ClO4/c1-13(2)17-10(11(18-13)12(15)16-3)8-6-4-5-7-9(8)14/h4-7H,1-3H3. The van der Waals surface area contributed by atoms with Crippen LogP contribution in [-0.2, 0) is 19.0 Å². The van der Waals surface area contributed by atoms with Crippen molar-refractivity contribution in [1.82, 2.24) is 0 Å². The number of hydrogen-bond donors (Lipinski definition) is 0. The summed E-state index contributed by atoms with van der Waals surface area (Å²) in [6.45, 7) is 3.42. The molecule has 0 radical (unpaired) electrons. The Morgan fingerprint density at radius 1 is 1.28 bits per heavy atom. The van der Waals surface area contributed by atoms with Crippen LogP contribution in [0.4, 0.5) is 0 Å². The molecule has 0 N–H and O–H groups in total. The van der Waals surface area contributed by atoms with Crippen LogP contribution >= 0.6 is 11.6 Å². The van der Waals surface area contributed by atoms with Gasteiger partial charge >= 0.3 is 5.97 Å². The van der Waals surface area contributed by atoms with E-state index in [1.54, 1.807) is 38.1 Å². The number of carbonyl (C=O) groups excluding carboxylic acids is 1. The third-order valence-corrected chi connectivity index (χ3v) is 2.72. The number of benzene rings is 1. The summed E-state index contributed by atoms with van der Waals surface area (Å²) in [5.74, 6) is -1.17. The van der Waals surface area contributed by atoms with Crippen molar-refractivity contribution in [2.24, 2.45) is 0 Å². The summed E-state index contributed by atoms with van der Waals surface area (Å²) in [4.78, 5) is 11.7. The van der Waals surface area contributed by atoms with Crippen LogP contribution in [0.5, 0.6) is 0 Å². The zero-order chi connectivity index (χ0) is 13.3. The maximum absolute atomic E-state index is 11.7. The molecule has 0 aliphatic carbocycles. The predicted molar refractivity (Wildman–Crippen MR) is 66.6 cm³/mol. The average Bonchev–Trinajstić information content (AvgIpc) is 2.65. The molecule has 0 spiro atoms. The van der Waals surface area contributed by atoms with Gasteiger partial charge in [0.2, 0.25) is 5.79 Å². The molecule has 1 aromatic carbocycles. The SMILES string of the molecule is COC(=O)C1=C(c2ccccc2Cl)OC(C)(C)O1. The van der Waals surface area contributed by atoms with Gasteiger partial charge in [-0.2, -0.15) is 0 Å². The quantitative estimate of drug-likeness (QED) is 0.774. The molecule has 2 rings (SSSR count). The van der Waals surface area contributed by atoms with Crippen LogP contribution in [0.15, 0.2) is 30.0 Å². The van der Waals surface area contributed by atoms with Crippen molar-refractivity contribution < 1.29 is 19.0 Å². The van der Waals surface area contributed by atoms with Gasteiger partial charge in [-0.15, -0.1) is 0 Å². The summed E-state index contributed by atoms with van der Waals surface area (Å²) in [7, 11) is 1.29. The zero-order valence-electron chi connectivity index (χ0n) is 10.3. The van der Waals surface area contributed by atoms with Gasteiger partial charge in [-0.1, -0.05) is 23.7 Å². The summed E-state index contributed by atoms with van der Waals surface area (Å²) in [6.07, 6.45) is 0. The fraction of sp³-hybridized carbons (Fsp3) is 0.308. The molecule has 4 nitrogen and oxygen atoms in total. The number of rotatable bonds is 2. The van der Waals surface area contributed by atoms with Crippen LogP contribution in [0.3, 0.4) is 0 Å². The smallest absolute Gasteiger partial charge is 0.377 e. The third kappa shape index (κ3) is 2.29. The molecule has 18 heavy (non-hydrogen) atoms. The number of halogens is 1. The summed E-state index contributed by atoms with van der Waals surface area (Å²) >= 11 is 6.09. The normalized spacial score (nSPS) is 17.1. The van der Waals surface area contributed by atoms with E-state index < -0.39 is 11.8 Å². The van der Waals surface area contributed by atoms with Gasteiger partial charge in [0.05, 0.1) is 12.1 Å². The molecule has 96 valence electrons. The molecule has 1 aromatic rings. The highest BCUT2D eigenvalue weighted by Crippen LogP contribution is 2.39. The largest absolute Gasteiger partial charge is 0.463 e. The van der Waals surface area contributed by atoms with Crippen LogP contribution in [0.2, 0.25) is 5.02 Å². The van der Waals surface area contributed by atoms with E-state index in [0.29, 0.717) is 16.3 Å². The van der Waals surface area contributed by atoms with Crippen molar-refractivity contribution in [3.8, 4) is 0 Å². The summed E-state index contributed by atoms with van der Waals surface area (Å²) in [6, 6.07) is 7.07. The fourth-order valence-corrected chi connectivity index (χ4v) is 1.88. The number of ether oxygens (including phenoxy) is 3. The first kappa shape index (κ1) is 12.8. The van der Waals surface area contributed by atoms with E-state index in [4.69, 9.17) is 21.1 Å². The lowest BCUT2D eigenvalue weighted by molar-refractivity contribution is -0.150. The Hall–Kier alpha value is -1.68. The van der Waals surface area contributed by atoms with Crippen molar-refractivity contribution in [3.05, 3.63) is 40.6 Å². The van der Waals surface area contributed by atoms with Crippen molar-refractivity contribution in [3.63, 3.8) is 0 Å². The lowest BCUT2D eigenvalue weighted by atomic mass is 10.1. The molecule has 1 aliphatic rings. The van der Waals surface area contributed by atoms with Crippen LogP contribution < -0.4 is 0 Å². The van der Waals surface area contributed by atoms with E-state index >= 15 is 0 Å².